The lowest BCUT2D eigenvalue weighted by Gasteiger charge is -2.09. The zero-order chi connectivity index (χ0) is 15.4. The van der Waals surface area contributed by atoms with Crippen molar-refractivity contribution in [2.45, 2.75) is 6.61 Å². The van der Waals surface area contributed by atoms with Gasteiger partial charge in [0.1, 0.15) is 17.9 Å². The van der Waals surface area contributed by atoms with Crippen LogP contribution in [0.4, 0.5) is 5.69 Å². The van der Waals surface area contributed by atoms with Crippen LogP contribution in [0.5, 0.6) is 5.75 Å². The molecule has 0 aliphatic carbocycles. The van der Waals surface area contributed by atoms with Crippen LogP contribution in [0.3, 0.4) is 0 Å². The molecule has 0 aromatic heterocycles. The van der Waals surface area contributed by atoms with Crippen LogP contribution in [0.25, 0.3) is 0 Å². The molecular formula is C14H10BrNO5. The van der Waals surface area contributed by atoms with Crippen LogP contribution < -0.4 is 4.74 Å². The third-order valence-corrected chi connectivity index (χ3v) is 3.24. The van der Waals surface area contributed by atoms with Gasteiger partial charge in [-0.25, -0.2) is 4.79 Å². The molecule has 108 valence electrons. The number of carboxylic acid groups (broad SMARTS) is 1. The number of benzene rings is 2. The number of hydrogen-bond acceptors (Lipinski definition) is 4. The number of nitrogens with zero attached hydrogens (tertiary/aromatic N) is 1. The lowest BCUT2D eigenvalue weighted by Crippen LogP contribution is -2.05. The van der Waals surface area contributed by atoms with E-state index in [9.17, 15) is 14.9 Å². The Bertz CT molecular complexity index is 702. The molecule has 21 heavy (non-hydrogen) atoms. The molecular weight excluding hydrogens is 342 g/mol. The number of rotatable bonds is 5. The second kappa shape index (κ2) is 6.36. The van der Waals surface area contributed by atoms with Gasteiger partial charge in [0.15, 0.2) is 0 Å². The van der Waals surface area contributed by atoms with Crippen LogP contribution in [0.2, 0.25) is 0 Å². The lowest BCUT2D eigenvalue weighted by atomic mass is 10.2. The van der Waals surface area contributed by atoms with E-state index >= 15 is 0 Å². The van der Waals surface area contributed by atoms with Gasteiger partial charge in [-0.3, -0.25) is 10.1 Å². The molecule has 0 saturated heterocycles. The Balaban J connectivity index is 2.25. The molecule has 0 heterocycles. The molecule has 2 aromatic carbocycles. The second-order valence-electron chi connectivity index (χ2n) is 4.12. The summed E-state index contributed by atoms with van der Waals surface area (Å²) in [6, 6.07) is 10.7. The Labute approximate surface area is 128 Å². The highest BCUT2D eigenvalue weighted by Gasteiger charge is 2.15. The fourth-order valence-electron chi connectivity index (χ4n) is 1.76. The zero-order valence-electron chi connectivity index (χ0n) is 10.7. The van der Waals surface area contributed by atoms with E-state index in [1.807, 2.05) is 0 Å². The summed E-state index contributed by atoms with van der Waals surface area (Å²) in [4.78, 5) is 21.6. The number of aromatic carboxylic acids is 1. The number of carboxylic acids is 1. The van der Waals surface area contributed by atoms with Crippen molar-refractivity contribution in [1.29, 1.82) is 0 Å². The van der Waals surface area contributed by atoms with Crippen molar-refractivity contribution >= 4 is 27.6 Å². The topological polar surface area (TPSA) is 89.7 Å². The van der Waals surface area contributed by atoms with Crippen LogP contribution >= 0.6 is 15.9 Å². The molecule has 0 atom stereocenters. The van der Waals surface area contributed by atoms with Crippen molar-refractivity contribution in [1.82, 2.24) is 0 Å². The van der Waals surface area contributed by atoms with Gasteiger partial charge in [-0.15, -0.1) is 0 Å². The largest absolute Gasteiger partial charge is 0.488 e. The number of hydrogen-bond donors (Lipinski definition) is 1. The van der Waals surface area contributed by atoms with E-state index in [0.717, 1.165) is 0 Å². The predicted octanol–water partition coefficient (Wildman–Crippen LogP) is 3.63. The molecule has 0 radical (unpaired) electrons. The molecule has 0 spiro atoms. The van der Waals surface area contributed by atoms with Crippen LogP contribution in [0, 0.1) is 10.1 Å². The summed E-state index contributed by atoms with van der Waals surface area (Å²) >= 11 is 3.18. The minimum atomic E-state index is -1.13. The lowest BCUT2D eigenvalue weighted by molar-refractivity contribution is -0.385. The Morgan fingerprint density at radius 3 is 2.67 bits per heavy atom. The SMILES string of the molecule is O=C(O)c1cc(Br)ccc1OCc1ccccc1[N+](=O)[O-]. The van der Waals surface area contributed by atoms with E-state index in [1.165, 1.54) is 18.2 Å². The molecule has 6 nitrogen and oxygen atoms in total. The normalized spacial score (nSPS) is 10.1. The van der Waals surface area contributed by atoms with E-state index in [1.54, 1.807) is 24.3 Å². The van der Waals surface area contributed by atoms with Gasteiger partial charge in [-0.05, 0) is 24.3 Å². The van der Waals surface area contributed by atoms with Gasteiger partial charge in [-0.2, -0.15) is 0 Å². The fraction of sp³-hybridized carbons (Fsp3) is 0.0714. The molecule has 2 rings (SSSR count). The average Bonchev–Trinajstić information content (AvgIpc) is 2.46. The van der Waals surface area contributed by atoms with Crippen molar-refractivity contribution in [3.8, 4) is 5.75 Å². The van der Waals surface area contributed by atoms with E-state index in [-0.39, 0.29) is 23.6 Å². The first-order valence-corrected chi connectivity index (χ1v) is 6.66. The Morgan fingerprint density at radius 1 is 1.29 bits per heavy atom. The number of nitro benzene ring substituents is 1. The summed E-state index contributed by atoms with van der Waals surface area (Å²) in [5.41, 5.74) is 0.302. The highest BCUT2D eigenvalue weighted by atomic mass is 79.9. The van der Waals surface area contributed by atoms with Crippen molar-refractivity contribution in [3.63, 3.8) is 0 Å². The minimum absolute atomic E-state index is 0.0111. The predicted molar refractivity (Wildman–Crippen MR) is 78.5 cm³/mol. The highest BCUT2D eigenvalue weighted by molar-refractivity contribution is 9.10. The molecule has 0 bridgehead atoms. The number of halogens is 1. The number of nitro groups is 1. The summed E-state index contributed by atoms with van der Waals surface area (Å²) in [5.74, 6) is -0.974. The van der Waals surface area contributed by atoms with Gasteiger partial charge in [-0.1, -0.05) is 28.1 Å². The molecule has 0 unspecified atom stereocenters. The third kappa shape index (κ3) is 3.57. The van der Waals surface area contributed by atoms with Crippen LogP contribution in [0.15, 0.2) is 46.9 Å². The maximum Gasteiger partial charge on any atom is 0.339 e. The quantitative estimate of drug-likeness (QED) is 0.656. The standard InChI is InChI=1S/C14H10BrNO5/c15-10-5-6-13(11(7-10)14(17)18)21-8-9-3-1-2-4-12(9)16(19)20/h1-7H,8H2,(H,17,18). The van der Waals surface area contributed by atoms with Crippen molar-refractivity contribution in [2.24, 2.45) is 0 Å². The van der Waals surface area contributed by atoms with E-state index in [2.05, 4.69) is 15.9 Å². The van der Waals surface area contributed by atoms with Gasteiger partial charge >= 0.3 is 5.97 Å². The highest BCUT2D eigenvalue weighted by Crippen LogP contribution is 2.25. The molecule has 0 aliphatic rings. The molecule has 1 N–H and O–H groups in total. The van der Waals surface area contributed by atoms with Gasteiger partial charge in [0.2, 0.25) is 0 Å². The summed E-state index contributed by atoms with van der Waals surface area (Å²) in [6.07, 6.45) is 0. The van der Waals surface area contributed by atoms with Crippen molar-refractivity contribution in [3.05, 3.63) is 68.2 Å². The first kappa shape index (κ1) is 15.0. The first-order chi connectivity index (χ1) is 9.99. The number of ether oxygens (including phenoxy) is 1. The maximum atomic E-state index is 11.2. The van der Waals surface area contributed by atoms with Crippen LogP contribution in [-0.2, 0) is 6.61 Å². The van der Waals surface area contributed by atoms with Gasteiger partial charge < -0.3 is 9.84 Å². The Morgan fingerprint density at radius 2 is 2.00 bits per heavy atom. The molecule has 0 aliphatic heterocycles. The summed E-state index contributed by atoms with van der Waals surface area (Å²) < 4.78 is 6.03. The van der Waals surface area contributed by atoms with Gasteiger partial charge in [0, 0.05) is 10.5 Å². The third-order valence-electron chi connectivity index (χ3n) is 2.74. The summed E-state index contributed by atoms with van der Waals surface area (Å²) in [7, 11) is 0. The van der Waals surface area contributed by atoms with E-state index in [0.29, 0.717) is 10.0 Å². The Kier molecular flexibility index (Phi) is 4.54. The fourth-order valence-corrected chi connectivity index (χ4v) is 2.12. The molecule has 7 heteroatoms. The van der Waals surface area contributed by atoms with E-state index < -0.39 is 10.9 Å². The van der Waals surface area contributed by atoms with Gasteiger partial charge in [0.25, 0.3) is 5.69 Å². The second-order valence-corrected chi connectivity index (χ2v) is 5.04. The van der Waals surface area contributed by atoms with Crippen LogP contribution in [0.1, 0.15) is 15.9 Å². The summed E-state index contributed by atoms with van der Waals surface area (Å²) in [6.45, 7) is -0.0843. The van der Waals surface area contributed by atoms with Crippen molar-refractivity contribution in [2.75, 3.05) is 0 Å². The monoisotopic (exact) mass is 351 g/mol. The maximum absolute atomic E-state index is 11.2. The molecule has 0 fully saturated rings. The average molecular weight is 352 g/mol. The van der Waals surface area contributed by atoms with E-state index in [4.69, 9.17) is 9.84 Å². The van der Waals surface area contributed by atoms with Gasteiger partial charge in [0.05, 0.1) is 10.5 Å². The summed E-state index contributed by atoms with van der Waals surface area (Å²) in [5, 5.41) is 20.0. The molecule has 0 saturated carbocycles. The number of carbonyl (C=O) groups is 1. The smallest absolute Gasteiger partial charge is 0.339 e. The minimum Gasteiger partial charge on any atom is -0.488 e. The van der Waals surface area contributed by atoms with Crippen LogP contribution in [-0.4, -0.2) is 16.0 Å². The van der Waals surface area contributed by atoms with Crippen molar-refractivity contribution < 1.29 is 19.6 Å². The molecule has 2 aromatic rings. The zero-order valence-corrected chi connectivity index (χ0v) is 12.2. The first-order valence-electron chi connectivity index (χ1n) is 5.87. The Hall–Kier alpha value is -2.41. The number of para-hydroxylation sites is 1. The molecule has 0 amide bonds.